The van der Waals surface area contributed by atoms with Crippen LogP contribution in [0.5, 0.6) is 11.5 Å². The first-order valence-electron chi connectivity index (χ1n) is 11.5. The van der Waals surface area contributed by atoms with Gasteiger partial charge in [0.05, 0.1) is 32.4 Å². The van der Waals surface area contributed by atoms with Gasteiger partial charge in [-0.05, 0) is 54.5 Å². The predicted molar refractivity (Wildman–Crippen MR) is 142 cm³/mol. The largest absolute Gasteiger partial charge is 0.497 e. The summed E-state index contributed by atoms with van der Waals surface area (Å²) in [7, 11) is 3.29. The molecule has 1 aliphatic heterocycles. The third kappa shape index (κ3) is 4.67. The average molecular weight is 499 g/mol. The van der Waals surface area contributed by atoms with E-state index < -0.39 is 0 Å². The lowest BCUT2D eigenvalue weighted by atomic mass is 9.94. The highest BCUT2D eigenvalue weighted by Crippen LogP contribution is 2.38. The van der Waals surface area contributed by atoms with Crippen LogP contribution in [0.25, 0.3) is 17.0 Å². The van der Waals surface area contributed by atoms with Crippen molar-refractivity contribution in [2.24, 2.45) is 0 Å². The molecule has 1 atom stereocenters. The molecule has 0 spiro atoms. The van der Waals surface area contributed by atoms with Crippen LogP contribution >= 0.6 is 12.2 Å². The van der Waals surface area contributed by atoms with Crippen LogP contribution in [0.15, 0.2) is 89.1 Å². The highest BCUT2D eigenvalue weighted by atomic mass is 32.1. The van der Waals surface area contributed by atoms with Gasteiger partial charge >= 0.3 is 0 Å². The van der Waals surface area contributed by atoms with E-state index in [4.69, 9.17) is 31.2 Å². The van der Waals surface area contributed by atoms with Crippen LogP contribution in [0.1, 0.15) is 30.0 Å². The van der Waals surface area contributed by atoms with E-state index in [-0.39, 0.29) is 6.04 Å². The molecule has 0 aliphatic carbocycles. The summed E-state index contributed by atoms with van der Waals surface area (Å²) in [5.74, 6) is 2.45. The van der Waals surface area contributed by atoms with E-state index in [0.29, 0.717) is 23.4 Å². The van der Waals surface area contributed by atoms with E-state index in [1.807, 2.05) is 72.5 Å². The molecular formula is C28H26N4O3S. The van der Waals surface area contributed by atoms with Crippen molar-refractivity contribution in [1.82, 2.24) is 20.4 Å². The molecule has 1 N–H and O–H groups in total. The number of hydrogen-bond donors (Lipinski definition) is 1. The Morgan fingerprint density at radius 1 is 0.944 bits per heavy atom. The molecule has 8 heteroatoms. The van der Waals surface area contributed by atoms with E-state index in [1.165, 1.54) is 0 Å². The topological polar surface area (TPSA) is 72.7 Å². The zero-order valence-electron chi connectivity index (χ0n) is 20.3. The van der Waals surface area contributed by atoms with E-state index >= 15 is 0 Å². The van der Waals surface area contributed by atoms with Crippen LogP contribution in [0.3, 0.4) is 0 Å². The standard InChI is InChI=1S/C28H26N4O3S/c1-18-24(27-30-26(31-35-27)21-12-8-14-23(16-21)34-3)25(20-10-5-4-6-11-20)29-28(36)32(18)17-19-9-7-13-22(15-19)33-2/h4-16,25H,17H2,1-3H3,(H,29,36). The van der Waals surface area contributed by atoms with Crippen molar-refractivity contribution >= 4 is 22.9 Å². The van der Waals surface area contributed by atoms with Crippen molar-refractivity contribution in [3.63, 3.8) is 0 Å². The second-order valence-electron chi connectivity index (χ2n) is 8.39. The van der Waals surface area contributed by atoms with Gasteiger partial charge in [-0.1, -0.05) is 59.8 Å². The molecule has 5 rings (SSSR count). The van der Waals surface area contributed by atoms with Gasteiger partial charge in [-0.2, -0.15) is 4.98 Å². The number of allylic oxidation sites excluding steroid dienone is 1. The molecule has 0 saturated heterocycles. The van der Waals surface area contributed by atoms with Gasteiger partial charge in [0.15, 0.2) is 5.11 Å². The van der Waals surface area contributed by atoms with E-state index in [0.717, 1.165) is 39.5 Å². The summed E-state index contributed by atoms with van der Waals surface area (Å²) in [4.78, 5) is 6.83. The predicted octanol–water partition coefficient (Wildman–Crippen LogP) is 5.62. The summed E-state index contributed by atoms with van der Waals surface area (Å²) in [5.41, 5.74) is 4.75. The Labute approximate surface area is 215 Å². The lowest BCUT2D eigenvalue weighted by Crippen LogP contribution is -2.45. The van der Waals surface area contributed by atoms with Crippen molar-refractivity contribution in [2.45, 2.75) is 19.5 Å². The van der Waals surface area contributed by atoms with Gasteiger partial charge in [-0.15, -0.1) is 0 Å². The van der Waals surface area contributed by atoms with E-state index in [2.05, 4.69) is 28.7 Å². The highest BCUT2D eigenvalue weighted by Gasteiger charge is 2.34. The second-order valence-corrected chi connectivity index (χ2v) is 8.77. The molecule has 1 aromatic heterocycles. The molecule has 7 nitrogen and oxygen atoms in total. The van der Waals surface area contributed by atoms with Crippen molar-refractivity contribution in [2.75, 3.05) is 14.2 Å². The van der Waals surface area contributed by atoms with E-state index in [1.54, 1.807) is 14.2 Å². The van der Waals surface area contributed by atoms with Crippen LogP contribution in [-0.4, -0.2) is 34.4 Å². The van der Waals surface area contributed by atoms with Gasteiger partial charge in [-0.3, -0.25) is 0 Å². The molecular weight excluding hydrogens is 472 g/mol. The number of nitrogens with one attached hydrogen (secondary N) is 1. The summed E-state index contributed by atoms with van der Waals surface area (Å²) < 4.78 is 16.6. The average Bonchev–Trinajstić information content (AvgIpc) is 3.41. The molecule has 1 aliphatic rings. The Balaban J connectivity index is 1.58. The number of hydrogen-bond acceptors (Lipinski definition) is 6. The Bertz CT molecular complexity index is 1420. The second kappa shape index (κ2) is 10.2. The molecule has 4 aromatic rings. The molecule has 0 saturated carbocycles. The maximum Gasteiger partial charge on any atom is 0.258 e. The fourth-order valence-corrected chi connectivity index (χ4v) is 4.63. The lowest BCUT2D eigenvalue weighted by molar-refractivity contribution is 0.395. The first-order valence-corrected chi connectivity index (χ1v) is 11.9. The van der Waals surface area contributed by atoms with Crippen LogP contribution in [0, 0.1) is 0 Å². The third-order valence-corrected chi connectivity index (χ3v) is 6.53. The monoisotopic (exact) mass is 498 g/mol. The van der Waals surface area contributed by atoms with Crippen molar-refractivity contribution in [3.8, 4) is 22.9 Å². The van der Waals surface area contributed by atoms with Gasteiger partial charge in [-0.25, -0.2) is 0 Å². The van der Waals surface area contributed by atoms with Crippen molar-refractivity contribution in [1.29, 1.82) is 0 Å². The Morgan fingerprint density at radius 3 is 2.42 bits per heavy atom. The molecule has 0 radical (unpaired) electrons. The quantitative estimate of drug-likeness (QED) is 0.329. The zero-order chi connectivity index (χ0) is 25.1. The van der Waals surface area contributed by atoms with E-state index in [9.17, 15) is 0 Å². The van der Waals surface area contributed by atoms with Crippen LogP contribution in [-0.2, 0) is 6.54 Å². The Morgan fingerprint density at radius 2 is 1.67 bits per heavy atom. The summed E-state index contributed by atoms with van der Waals surface area (Å²) in [6.07, 6.45) is 0. The maximum absolute atomic E-state index is 5.83. The highest BCUT2D eigenvalue weighted by molar-refractivity contribution is 7.80. The molecule has 0 fully saturated rings. The van der Waals surface area contributed by atoms with Gasteiger partial charge in [0.1, 0.15) is 11.5 Å². The Hall–Kier alpha value is -4.17. The fraction of sp³-hybridized carbons (Fsp3) is 0.179. The molecule has 0 amide bonds. The number of rotatable bonds is 7. The van der Waals surface area contributed by atoms with Crippen molar-refractivity contribution < 1.29 is 14.0 Å². The number of ether oxygens (including phenoxy) is 2. The Kier molecular flexibility index (Phi) is 6.69. The summed E-state index contributed by atoms with van der Waals surface area (Å²) in [6, 6.07) is 25.4. The van der Waals surface area contributed by atoms with Crippen LogP contribution in [0.2, 0.25) is 0 Å². The SMILES string of the molecule is COc1cccc(CN2C(=S)NC(c3ccccc3)C(c3nc(-c4cccc(OC)c4)no3)=C2C)c1. The minimum Gasteiger partial charge on any atom is -0.497 e. The molecule has 182 valence electrons. The van der Waals surface area contributed by atoms with Gasteiger partial charge < -0.3 is 24.2 Å². The fourth-order valence-electron chi connectivity index (χ4n) is 4.31. The maximum atomic E-state index is 5.83. The van der Waals surface area contributed by atoms with Gasteiger partial charge in [0.2, 0.25) is 5.82 Å². The molecule has 0 bridgehead atoms. The molecule has 2 heterocycles. The summed E-state index contributed by atoms with van der Waals surface area (Å²) >= 11 is 5.82. The number of benzene rings is 3. The summed E-state index contributed by atoms with van der Waals surface area (Å²) in [5, 5.41) is 8.40. The number of nitrogens with zero attached hydrogens (tertiary/aromatic N) is 3. The first kappa shape index (κ1) is 23.6. The minimum absolute atomic E-state index is 0.237. The molecule has 1 unspecified atom stereocenters. The van der Waals surface area contributed by atoms with Crippen LogP contribution in [0.4, 0.5) is 0 Å². The normalized spacial score (nSPS) is 15.6. The first-order chi connectivity index (χ1) is 17.6. The van der Waals surface area contributed by atoms with Gasteiger partial charge in [0.25, 0.3) is 5.89 Å². The molecule has 3 aromatic carbocycles. The lowest BCUT2D eigenvalue weighted by Gasteiger charge is -2.37. The minimum atomic E-state index is -0.237. The van der Waals surface area contributed by atoms with Gasteiger partial charge in [0, 0.05) is 11.3 Å². The van der Waals surface area contributed by atoms with Crippen LogP contribution < -0.4 is 14.8 Å². The van der Waals surface area contributed by atoms with Crippen molar-refractivity contribution in [3.05, 3.63) is 102 Å². The number of methoxy groups -OCH3 is 2. The molecule has 36 heavy (non-hydrogen) atoms. The summed E-state index contributed by atoms with van der Waals surface area (Å²) in [6.45, 7) is 2.60. The zero-order valence-corrected chi connectivity index (χ0v) is 21.1. The number of aromatic nitrogens is 2. The number of thiocarbonyl (C=S) groups is 1. The smallest absolute Gasteiger partial charge is 0.258 e. The third-order valence-electron chi connectivity index (χ3n) is 6.19.